The van der Waals surface area contributed by atoms with Crippen LogP contribution in [0.3, 0.4) is 0 Å². The first-order valence-electron chi connectivity index (χ1n) is 7.54. The number of aliphatic hydroxyl groups is 2. The monoisotopic (exact) mass is 331 g/mol. The molecule has 1 unspecified atom stereocenters. The summed E-state index contributed by atoms with van der Waals surface area (Å²) in [6, 6.07) is 15.0. The van der Waals surface area contributed by atoms with Crippen LogP contribution in [0.4, 0.5) is 5.69 Å². The molecule has 3 N–H and O–H groups in total. The number of aliphatic hydroxyl groups excluding tert-OH is 2. The van der Waals surface area contributed by atoms with Gasteiger partial charge in [-0.25, -0.2) is 0 Å². The molecule has 0 spiro atoms. The zero-order valence-electron chi connectivity index (χ0n) is 13.0. The van der Waals surface area contributed by atoms with Crippen molar-refractivity contribution in [3.63, 3.8) is 0 Å². The summed E-state index contributed by atoms with van der Waals surface area (Å²) in [6.07, 6.45) is 0.715. The highest BCUT2D eigenvalue weighted by Crippen LogP contribution is 2.26. The van der Waals surface area contributed by atoms with E-state index < -0.39 is 0 Å². The lowest BCUT2D eigenvalue weighted by molar-refractivity contribution is -0.115. The number of carbonyl (C=O) groups excluding carboxylic acids is 1. The summed E-state index contributed by atoms with van der Waals surface area (Å²) in [7, 11) is 0. The molecule has 0 saturated carbocycles. The van der Waals surface area contributed by atoms with Gasteiger partial charge in [0.25, 0.3) is 0 Å². The van der Waals surface area contributed by atoms with Gasteiger partial charge in [-0.05, 0) is 41.8 Å². The van der Waals surface area contributed by atoms with Gasteiger partial charge in [-0.15, -0.1) is 11.8 Å². The topological polar surface area (TPSA) is 69.6 Å². The maximum atomic E-state index is 12.5. The molecule has 1 atom stereocenters. The maximum absolute atomic E-state index is 12.5. The fourth-order valence-corrected chi connectivity index (χ4v) is 3.19. The Morgan fingerprint density at radius 2 is 1.78 bits per heavy atom. The predicted octanol–water partition coefficient (Wildman–Crippen LogP) is 3.18. The normalized spacial score (nSPS) is 12.0. The number of hydrogen-bond donors (Lipinski definition) is 3. The van der Waals surface area contributed by atoms with Crippen molar-refractivity contribution in [3.05, 3.63) is 59.7 Å². The van der Waals surface area contributed by atoms with Crippen LogP contribution in [0.15, 0.2) is 53.4 Å². The van der Waals surface area contributed by atoms with E-state index >= 15 is 0 Å². The van der Waals surface area contributed by atoms with Crippen molar-refractivity contribution in [2.75, 3.05) is 5.32 Å². The average Bonchev–Trinajstić information content (AvgIpc) is 2.60. The van der Waals surface area contributed by atoms with E-state index in [2.05, 4.69) is 5.32 Å². The highest BCUT2D eigenvalue weighted by molar-refractivity contribution is 8.00. The predicted molar refractivity (Wildman–Crippen MR) is 93.3 cm³/mol. The van der Waals surface area contributed by atoms with Gasteiger partial charge in [0.05, 0.1) is 18.5 Å². The first-order valence-corrected chi connectivity index (χ1v) is 8.42. The molecule has 2 rings (SSSR count). The molecule has 1 amide bonds. The molecule has 5 heteroatoms. The highest BCUT2D eigenvalue weighted by Gasteiger charge is 2.18. The van der Waals surface area contributed by atoms with Crippen molar-refractivity contribution >= 4 is 23.4 Å². The molecule has 4 nitrogen and oxygen atoms in total. The number of anilines is 1. The Hall–Kier alpha value is -1.82. The first kappa shape index (κ1) is 17.5. The highest BCUT2D eigenvalue weighted by atomic mass is 32.2. The summed E-state index contributed by atoms with van der Waals surface area (Å²) < 4.78 is 0. The van der Waals surface area contributed by atoms with Gasteiger partial charge < -0.3 is 15.5 Å². The average molecular weight is 331 g/mol. The van der Waals surface area contributed by atoms with E-state index in [0.717, 1.165) is 4.90 Å². The third kappa shape index (κ3) is 4.82. The molecule has 0 bridgehead atoms. The summed E-state index contributed by atoms with van der Waals surface area (Å²) in [5.74, 6) is -0.0676. The third-order valence-electron chi connectivity index (χ3n) is 3.50. The van der Waals surface area contributed by atoms with Crippen LogP contribution in [0.25, 0.3) is 0 Å². The molecule has 0 heterocycles. The quantitative estimate of drug-likeness (QED) is 0.682. The molecule has 0 aliphatic carbocycles. The Morgan fingerprint density at radius 3 is 2.39 bits per heavy atom. The fourth-order valence-electron chi connectivity index (χ4n) is 2.21. The zero-order valence-corrected chi connectivity index (χ0v) is 13.8. The molecule has 23 heavy (non-hydrogen) atoms. The molecule has 0 fully saturated rings. The standard InChI is InChI=1S/C18H21NO3S/c1-2-17(23-16-6-4-3-5-7-16)18(22)19-15-9-8-13(11-20)14(10-15)12-21/h3-10,17,20-21H,2,11-12H2,1H3,(H,19,22). The molecule has 0 aliphatic rings. The summed E-state index contributed by atoms with van der Waals surface area (Å²) >= 11 is 1.53. The maximum Gasteiger partial charge on any atom is 0.237 e. The van der Waals surface area contributed by atoms with Gasteiger partial charge in [0, 0.05) is 10.6 Å². The van der Waals surface area contributed by atoms with E-state index in [9.17, 15) is 15.0 Å². The molecule has 122 valence electrons. The van der Waals surface area contributed by atoms with Crippen molar-refractivity contribution < 1.29 is 15.0 Å². The lowest BCUT2D eigenvalue weighted by atomic mass is 10.1. The fraction of sp³-hybridized carbons (Fsp3) is 0.278. The largest absolute Gasteiger partial charge is 0.392 e. The van der Waals surface area contributed by atoms with E-state index in [1.807, 2.05) is 37.3 Å². The van der Waals surface area contributed by atoms with Crippen LogP contribution in [0.2, 0.25) is 0 Å². The summed E-state index contributed by atoms with van der Waals surface area (Å²) in [4.78, 5) is 13.5. The second-order valence-corrected chi connectivity index (χ2v) is 6.39. The van der Waals surface area contributed by atoms with E-state index in [0.29, 0.717) is 23.2 Å². The minimum Gasteiger partial charge on any atom is -0.392 e. The number of amides is 1. The second kappa shape index (κ2) is 8.72. The number of thioether (sulfide) groups is 1. The number of carbonyl (C=O) groups is 1. The smallest absolute Gasteiger partial charge is 0.237 e. The van der Waals surface area contributed by atoms with Crippen LogP contribution in [0.1, 0.15) is 24.5 Å². The molecule has 0 saturated heterocycles. The lowest BCUT2D eigenvalue weighted by Crippen LogP contribution is -2.24. The number of nitrogens with one attached hydrogen (secondary N) is 1. The van der Waals surface area contributed by atoms with Crippen LogP contribution in [-0.4, -0.2) is 21.4 Å². The minimum absolute atomic E-state index is 0.0676. The number of benzene rings is 2. The van der Waals surface area contributed by atoms with Crippen molar-refractivity contribution in [2.24, 2.45) is 0 Å². The Morgan fingerprint density at radius 1 is 1.09 bits per heavy atom. The molecule has 0 aromatic heterocycles. The van der Waals surface area contributed by atoms with E-state index in [1.54, 1.807) is 18.2 Å². The number of hydrogen-bond acceptors (Lipinski definition) is 4. The van der Waals surface area contributed by atoms with Crippen molar-refractivity contribution in [3.8, 4) is 0 Å². The minimum atomic E-state index is -0.188. The van der Waals surface area contributed by atoms with Gasteiger partial charge in [-0.3, -0.25) is 4.79 Å². The SMILES string of the molecule is CCC(Sc1ccccc1)C(=O)Nc1ccc(CO)c(CO)c1. The number of rotatable bonds is 7. The van der Waals surface area contributed by atoms with E-state index in [-0.39, 0.29) is 24.4 Å². The Kier molecular flexibility index (Phi) is 6.65. The van der Waals surface area contributed by atoms with Crippen LogP contribution >= 0.6 is 11.8 Å². The van der Waals surface area contributed by atoms with Crippen LogP contribution in [0, 0.1) is 0 Å². The molecule has 2 aromatic carbocycles. The molecular formula is C18H21NO3S. The third-order valence-corrected chi connectivity index (χ3v) is 4.88. The molecular weight excluding hydrogens is 310 g/mol. The van der Waals surface area contributed by atoms with Crippen LogP contribution in [-0.2, 0) is 18.0 Å². The second-order valence-electron chi connectivity index (χ2n) is 5.12. The molecule has 0 radical (unpaired) electrons. The van der Waals surface area contributed by atoms with Crippen molar-refractivity contribution in [1.29, 1.82) is 0 Å². The van der Waals surface area contributed by atoms with Crippen molar-refractivity contribution in [1.82, 2.24) is 0 Å². The summed E-state index contributed by atoms with van der Waals surface area (Å²) in [5.41, 5.74) is 1.91. The van der Waals surface area contributed by atoms with Gasteiger partial charge in [0.1, 0.15) is 0 Å². The lowest BCUT2D eigenvalue weighted by Gasteiger charge is -2.16. The Labute approximate surface area is 140 Å². The Bertz CT molecular complexity index is 646. The van der Waals surface area contributed by atoms with Crippen LogP contribution in [0.5, 0.6) is 0 Å². The van der Waals surface area contributed by atoms with E-state index in [1.165, 1.54) is 11.8 Å². The first-order chi connectivity index (χ1) is 11.2. The van der Waals surface area contributed by atoms with Gasteiger partial charge in [0.2, 0.25) is 5.91 Å². The van der Waals surface area contributed by atoms with E-state index in [4.69, 9.17) is 0 Å². The van der Waals surface area contributed by atoms with Gasteiger partial charge in [-0.1, -0.05) is 31.2 Å². The molecule has 0 aliphatic heterocycles. The molecule has 2 aromatic rings. The summed E-state index contributed by atoms with van der Waals surface area (Å²) in [6.45, 7) is 1.68. The van der Waals surface area contributed by atoms with Crippen LogP contribution < -0.4 is 5.32 Å². The van der Waals surface area contributed by atoms with Gasteiger partial charge >= 0.3 is 0 Å². The van der Waals surface area contributed by atoms with Gasteiger partial charge in [-0.2, -0.15) is 0 Å². The van der Waals surface area contributed by atoms with Gasteiger partial charge in [0.15, 0.2) is 0 Å². The zero-order chi connectivity index (χ0) is 16.7. The van der Waals surface area contributed by atoms with Crippen molar-refractivity contribution in [2.45, 2.75) is 36.7 Å². The summed E-state index contributed by atoms with van der Waals surface area (Å²) in [5, 5.41) is 21.2. The Balaban J connectivity index is 2.07.